The molecule has 4 N–H and O–H groups in total. The number of amides is 2. The van der Waals surface area contributed by atoms with Gasteiger partial charge in [0.2, 0.25) is 11.8 Å². The zero-order valence-electron chi connectivity index (χ0n) is 10.4. The van der Waals surface area contributed by atoms with Gasteiger partial charge >= 0.3 is 5.97 Å². The second kappa shape index (κ2) is 5.85. The molecule has 0 spiro atoms. The number of aromatic carboxylic acids is 1. The van der Waals surface area contributed by atoms with E-state index in [0.29, 0.717) is 0 Å². The van der Waals surface area contributed by atoms with Crippen molar-refractivity contribution in [3.63, 3.8) is 0 Å². The van der Waals surface area contributed by atoms with Crippen LogP contribution in [0.3, 0.4) is 0 Å². The van der Waals surface area contributed by atoms with Crippen molar-refractivity contribution in [2.24, 2.45) is 0 Å². The van der Waals surface area contributed by atoms with E-state index >= 15 is 0 Å². The van der Waals surface area contributed by atoms with Crippen LogP contribution in [0.4, 0.5) is 5.69 Å². The summed E-state index contributed by atoms with van der Waals surface area (Å²) in [7, 11) is 0. The van der Waals surface area contributed by atoms with Crippen LogP contribution in [0.25, 0.3) is 0 Å². The summed E-state index contributed by atoms with van der Waals surface area (Å²) in [5.41, 5.74) is -0.0950. The number of rotatable bonds is 4. The Hall–Kier alpha value is -2.57. The van der Waals surface area contributed by atoms with Crippen molar-refractivity contribution in [3.05, 3.63) is 23.8 Å². The Morgan fingerprint density at radius 3 is 2.42 bits per heavy atom. The monoisotopic (exact) mass is 266 g/mol. The lowest BCUT2D eigenvalue weighted by molar-refractivity contribution is -0.124. The lowest BCUT2D eigenvalue weighted by Gasteiger charge is -2.13. The lowest BCUT2D eigenvalue weighted by Crippen LogP contribution is -2.40. The predicted molar refractivity (Wildman–Crippen MR) is 67.0 cm³/mol. The van der Waals surface area contributed by atoms with E-state index in [1.54, 1.807) is 0 Å². The highest BCUT2D eigenvalue weighted by atomic mass is 16.4. The van der Waals surface area contributed by atoms with E-state index in [1.165, 1.54) is 26.0 Å². The Balaban J connectivity index is 2.83. The zero-order chi connectivity index (χ0) is 14.6. The molecule has 1 unspecified atom stereocenters. The maximum Gasteiger partial charge on any atom is 0.339 e. The fourth-order valence-corrected chi connectivity index (χ4v) is 1.41. The number of phenols is 1. The molecule has 2 amide bonds. The average Bonchev–Trinajstić information content (AvgIpc) is 2.30. The van der Waals surface area contributed by atoms with E-state index in [-0.39, 0.29) is 22.9 Å². The molecule has 1 atom stereocenters. The molecule has 19 heavy (non-hydrogen) atoms. The molecule has 0 fully saturated rings. The summed E-state index contributed by atoms with van der Waals surface area (Å²) >= 11 is 0. The molecule has 0 radical (unpaired) electrons. The van der Waals surface area contributed by atoms with Crippen LogP contribution in [0, 0.1) is 0 Å². The average molecular weight is 266 g/mol. The third-order valence-corrected chi connectivity index (χ3v) is 2.31. The van der Waals surface area contributed by atoms with Crippen LogP contribution in [0.2, 0.25) is 0 Å². The van der Waals surface area contributed by atoms with Crippen LogP contribution in [-0.2, 0) is 9.59 Å². The van der Waals surface area contributed by atoms with Crippen LogP contribution in [0.15, 0.2) is 18.2 Å². The van der Waals surface area contributed by atoms with Gasteiger partial charge in [-0.15, -0.1) is 0 Å². The Labute approximate surface area is 109 Å². The molecule has 0 aliphatic heterocycles. The Bertz CT molecular complexity index is 527. The molecule has 0 saturated heterocycles. The number of carboxylic acids is 1. The molecular formula is C12H14N2O5. The first-order chi connectivity index (χ1) is 8.81. The normalized spacial score (nSPS) is 11.5. The molecular weight excluding hydrogens is 252 g/mol. The van der Waals surface area contributed by atoms with Crippen LogP contribution >= 0.6 is 0 Å². The van der Waals surface area contributed by atoms with Crippen molar-refractivity contribution in [1.82, 2.24) is 5.32 Å². The Morgan fingerprint density at radius 2 is 1.89 bits per heavy atom. The zero-order valence-corrected chi connectivity index (χ0v) is 10.4. The number of benzene rings is 1. The van der Waals surface area contributed by atoms with E-state index in [2.05, 4.69) is 10.6 Å². The summed E-state index contributed by atoms with van der Waals surface area (Å²) in [6.45, 7) is 2.78. The third kappa shape index (κ3) is 3.98. The van der Waals surface area contributed by atoms with Gasteiger partial charge in [0.05, 0.1) is 0 Å². The number of carboxylic acid groups (broad SMARTS) is 1. The van der Waals surface area contributed by atoms with Crippen LogP contribution < -0.4 is 10.6 Å². The minimum Gasteiger partial charge on any atom is -0.507 e. The summed E-state index contributed by atoms with van der Waals surface area (Å²) in [6, 6.07) is 2.91. The first kappa shape index (κ1) is 14.5. The number of aromatic hydroxyl groups is 1. The Kier molecular flexibility index (Phi) is 4.46. The van der Waals surface area contributed by atoms with Gasteiger partial charge in [-0.2, -0.15) is 0 Å². The topological polar surface area (TPSA) is 116 Å². The molecule has 7 heteroatoms. The molecule has 7 nitrogen and oxygen atoms in total. The lowest BCUT2D eigenvalue weighted by atomic mass is 10.1. The summed E-state index contributed by atoms with van der Waals surface area (Å²) < 4.78 is 0. The molecule has 0 heterocycles. The van der Waals surface area contributed by atoms with Gasteiger partial charge in [0.1, 0.15) is 17.4 Å². The summed E-state index contributed by atoms with van der Waals surface area (Å²) in [6.07, 6.45) is 0. The van der Waals surface area contributed by atoms with Gasteiger partial charge in [0.15, 0.2) is 0 Å². The molecule has 1 aromatic rings. The van der Waals surface area contributed by atoms with E-state index < -0.39 is 17.9 Å². The molecule has 1 rings (SSSR count). The van der Waals surface area contributed by atoms with Gasteiger partial charge in [-0.1, -0.05) is 0 Å². The number of hydrogen-bond acceptors (Lipinski definition) is 4. The Morgan fingerprint density at radius 1 is 1.26 bits per heavy atom. The summed E-state index contributed by atoms with van der Waals surface area (Å²) in [5.74, 6) is -2.53. The first-order valence-electron chi connectivity index (χ1n) is 5.45. The maximum atomic E-state index is 11.7. The van der Waals surface area contributed by atoms with Crippen LogP contribution in [0.5, 0.6) is 5.75 Å². The van der Waals surface area contributed by atoms with Crippen molar-refractivity contribution in [2.75, 3.05) is 5.32 Å². The smallest absolute Gasteiger partial charge is 0.339 e. The highest BCUT2D eigenvalue weighted by Crippen LogP contribution is 2.21. The van der Waals surface area contributed by atoms with Gasteiger partial charge in [-0.3, -0.25) is 9.59 Å². The molecule has 102 valence electrons. The van der Waals surface area contributed by atoms with Gasteiger partial charge in [0.25, 0.3) is 0 Å². The van der Waals surface area contributed by atoms with Crippen molar-refractivity contribution in [2.45, 2.75) is 19.9 Å². The van der Waals surface area contributed by atoms with Gasteiger partial charge in [-0.05, 0) is 25.1 Å². The fraction of sp³-hybridized carbons (Fsp3) is 0.250. The van der Waals surface area contributed by atoms with Crippen molar-refractivity contribution in [3.8, 4) is 5.75 Å². The number of anilines is 1. The van der Waals surface area contributed by atoms with E-state index in [1.807, 2.05) is 0 Å². The molecule has 0 aliphatic rings. The number of nitrogens with one attached hydrogen (secondary N) is 2. The van der Waals surface area contributed by atoms with E-state index in [0.717, 1.165) is 6.07 Å². The molecule has 0 bridgehead atoms. The standard InChI is InChI=1S/C12H14N2O5/c1-6(13-7(2)15)11(17)14-8-3-4-10(16)9(5-8)12(18)19/h3-6,16H,1-2H3,(H,13,15)(H,14,17)(H,18,19). The van der Waals surface area contributed by atoms with E-state index in [4.69, 9.17) is 5.11 Å². The molecule has 0 saturated carbocycles. The maximum absolute atomic E-state index is 11.7. The quantitative estimate of drug-likeness (QED) is 0.594. The predicted octanol–water partition coefficient (Wildman–Crippen LogP) is 0.553. The highest BCUT2D eigenvalue weighted by Gasteiger charge is 2.15. The van der Waals surface area contributed by atoms with Gasteiger partial charge < -0.3 is 20.8 Å². The minimum atomic E-state index is -1.30. The molecule has 0 aromatic heterocycles. The third-order valence-electron chi connectivity index (χ3n) is 2.31. The summed E-state index contributed by atoms with van der Waals surface area (Å²) in [4.78, 5) is 33.3. The van der Waals surface area contributed by atoms with Gasteiger partial charge in [0, 0.05) is 12.6 Å². The first-order valence-corrected chi connectivity index (χ1v) is 5.45. The van der Waals surface area contributed by atoms with Crippen LogP contribution in [0.1, 0.15) is 24.2 Å². The SMILES string of the molecule is CC(=O)NC(C)C(=O)Nc1ccc(O)c(C(=O)O)c1. The van der Waals surface area contributed by atoms with Crippen LogP contribution in [-0.4, -0.2) is 34.0 Å². The molecule has 1 aromatic carbocycles. The fourth-order valence-electron chi connectivity index (χ4n) is 1.41. The highest BCUT2D eigenvalue weighted by molar-refractivity contribution is 5.98. The van der Waals surface area contributed by atoms with Crippen molar-refractivity contribution < 1.29 is 24.6 Å². The largest absolute Gasteiger partial charge is 0.507 e. The van der Waals surface area contributed by atoms with Crippen molar-refractivity contribution >= 4 is 23.5 Å². The second-order valence-corrected chi connectivity index (χ2v) is 3.95. The van der Waals surface area contributed by atoms with Crippen molar-refractivity contribution in [1.29, 1.82) is 0 Å². The number of carbonyl (C=O) groups is 3. The summed E-state index contributed by atoms with van der Waals surface area (Å²) in [5, 5.41) is 23.0. The second-order valence-electron chi connectivity index (χ2n) is 3.95. The number of hydrogen-bond donors (Lipinski definition) is 4. The minimum absolute atomic E-state index is 0.220. The van der Waals surface area contributed by atoms with Gasteiger partial charge in [-0.25, -0.2) is 4.79 Å². The number of carbonyl (C=O) groups excluding carboxylic acids is 2. The van der Waals surface area contributed by atoms with E-state index in [9.17, 15) is 19.5 Å². The molecule has 0 aliphatic carbocycles.